The zero-order valence-electron chi connectivity index (χ0n) is 13.5. The van der Waals surface area contributed by atoms with Crippen molar-refractivity contribution in [1.82, 2.24) is 4.90 Å². The predicted molar refractivity (Wildman–Crippen MR) is 87.2 cm³/mol. The van der Waals surface area contributed by atoms with Crippen molar-refractivity contribution in [3.05, 3.63) is 29.3 Å². The number of hydrogen-bond acceptors (Lipinski definition) is 2. The van der Waals surface area contributed by atoms with E-state index in [1.165, 1.54) is 32.1 Å². The molecule has 2 heteroatoms. The molecule has 20 heavy (non-hydrogen) atoms. The highest BCUT2D eigenvalue weighted by atomic mass is 16.3. The number of benzene rings is 1. The van der Waals surface area contributed by atoms with Crippen molar-refractivity contribution in [2.24, 2.45) is 0 Å². The number of para-hydroxylation sites is 1. The van der Waals surface area contributed by atoms with Crippen LogP contribution in [0, 0.1) is 0 Å². The van der Waals surface area contributed by atoms with E-state index < -0.39 is 0 Å². The Morgan fingerprint density at radius 2 is 1.55 bits per heavy atom. The van der Waals surface area contributed by atoms with Gasteiger partial charge in [0.25, 0.3) is 0 Å². The van der Waals surface area contributed by atoms with Crippen molar-refractivity contribution in [2.75, 3.05) is 13.1 Å². The summed E-state index contributed by atoms with van der Waals surface area (Å²) in [5, 5.41) is 10.4. The van der Waals surface area contributed by atoms with Gasteiger partial charge in [-0.3, -0.25) is 4.90 Å². The van der Waals surface area contributed by atoms with Crippen molar-refractivity contribution < 1.29 is 5.11 Å². The molecule has 114 valence electrons. The molecule has 0 aromatic heterocycles. The normalized spacial score (nSPS) is 11.2. The van der Waals surface area contributed by atoms with E-state index in [0.29, 0.717) is 5.75 Å². The van der Waals surface area contributed by atoms with Gasteiger partial charge in [-0.2, -0.15) is 0 Å². The van der Waals surface area contributed by atoms with Gasteiger partial charge in [-0.15, -0.1) is 0 Å². The maximum absolute atomic E-state index is 10.4. The number of nitrogens with zero attached hydrogens (tertiary/aromatic N) is 1. The molecule has 0 atom stereocenters. The first-order valence-electron chi connectivity index (χ1n) is 8.24. The molecule has 0 spiro atoms. The second kappa shape index (κ2) is 9.82. The van der Waals surface area contributed by atoms with Crippen LogP contribution in [0.4, 0.5) is 0 Å². The Hall–Kier alpha value is -1.02. The summed E-state index contributed by atoms with van der Waals surface area (Å²) in [6.45, 7) is 9.47. The smallest absolute Gasteiger partial charge is 0.123 e. The molecule has 0 amide bonds. The van der Waals surface area contributed by atoms with Crippen LogP contribution in [0.3, 0.4) is 0 Å². The first-order chi connectivity index (χ1) is 9.72. The van der Waals surface area contributed by atoms with Gasteiger partial charge in [-0.05, 0) is 31.5 Å². The molecular weight excluding hydrogens is 246 g/mol. The molecule has 1 rings (SSSR count). The average Bonchev–Trinajstić information content (AvgIpc) is 2.47. The summed E-state index contributed by atoms with van der Waals surface area (Å²) in [7, 11) is 0. The summed E-state index contributed by atoms with van der Waals surface area (Å²) >= 11 is 0. The predicted octanol–water partition coefficient (Wildman–Crippen LogP) is 4.75. The molecule has 0 heterocycles. The van der Waals surface area contributed by atoms with E-state index in [0.717, 1.165) is 37.2 Å². The molecular formula is C18H31NO. The van der Waals surface area contributed by atoms with Gasteiger partial charge in [0.2, 0.25) is 0 Å². The van der Waals surface area contributed by atoms with Crippen LogP contribution in [-0.4, -0.2) is 23.1 Å². The van der Waals surface area contributed by atoms with Gasteiger partial charge in [0, 0.05) is 12.1 Å². The van der Waals surface area contributed by atoms with E-state index in [-0.39, 0.29) is 0 Å². The number of rotatable bonds is 10. The summed E-state index contributed by atoms with van der Waals surface area (Å²) in [4.78, 5) is 2.33. The second-order valence-electron chi connectivity index (χ2n) is 5.55. The van der Waals surface area contributed by atoms with E-state index in [2.05, 4.69) is 37.8 Å². The zero-order chi connectivity index (χ0) is 14.8. The highest BCUT2D eigenvalue weighted by molar-refractivity contribution is 5.40. The molecule has 1 N–H and O–H groups in total. The second-order valence-corrected chi connectivity index (χ2v) is 5.55. The third-order valence-electron chi connectivity index (χ3n) is 4.04. The molecule has 1 aromatic carbocycles. The average molecular weight is 277 g/mol. The van der Waals surface area contributed by atoms with Crippen molar-refractivity contribution in [3.63, 3.8) is 0 Å². The van der Waals surface area contributed by atoms with Crippen molar-refractivity contribution >= 4 is 0 Å². The SMILES string of the molecule is CCCCCCCc1cccc(CN(CC)CC)c1O. The first-order valence-corrected chi connectivity index (χ1v) is 8.24. The van der Waals surface area contributed by atoms with Crippen LogP contribution in [0.25, 0.3) is 0 Å². The summed E-state index contributed by atoms with van der Waals surface area (Å²) in [5.41, 5.74) is 2.19. The number of phenols is 1. The molecule has 0 saturated heterocycles. The molecule has 0 aliphatic rings. The minimum Gasteiger partial charge on any atom is -0.507 e. The van der Waals surface area contributed by atoms with Gasteiger partial charge < -0.3 is 5.11 Å². The number of aryl methyl sites for hydroxylation is 1. The number of phenolic OH excluding ortho intramolecular Hbond substituents is 1. The summed E-state index contributed by atoms with van der Waals surface area (Å²) in [5.74, 6) is 0.523. The minimum absolute atomic E-state index is 0.523. The Balaban J connectivity index is 2.55. The summed E-state index contributed by atoms with van der Waals surface area (Å²) in [6, 6.07) is 6.20. The monoisotopic (exact) mass is 277 g/mol. The number of unbranched alkanes of at least 4 members (excludes halogenated alkanes) is 4. The Kier molecular flexibility index (Phi) is 8.36. The topological polar surface area (TPSA) is 23.5 Å². The van der Waals surface area contributed by atoms with Gasteiger partial charge in [0.1, 0.15) is 5.75 Å². The third-order valence-corrected chi connectivity index (χ3v) is 4.04. The lowest BCUT2D eigenvalue weighted by molar-refractivity contribution is 0.290. The number of aromatic hydroxyl groups is 1. The quantitative estimate of drug-likeness (QED) is 0.624. The molecule has 2 nitrogen and oxygen atoms in total. The largest absolute Gasteiger partial charge is 0.507 e. The Bertz CT molecular complexity index is 372. The Morgan fingerprint density at radius 1 is 0.900 bits per heavy atom. The standard InChI is InChI=1S/C18H31NO/c1-4-7-8-9-10-12-16-13-11-14-17(18(16)20)15-19(5-2)6-3/h11,13-14,20H,4-10,12,15H2,1-3H3. The lowest BCUT2D eigenvalue weighted by atomic mass is 10.0. The fraction of sp³-hybridized carbons (Fsp3) is 0.667. The van der Waals surface area contributed by atoms with E-state index in [9.17, 15) is 5.11 Å². The molecule has 0 aliphatic carbocycles. The van der Waals surface area contributed by atoms with E-state index >= 15 is 0 Å². The third kappa shape index (κ3) is 5.54. The summed E-state index contributed by atoms with van der Waals surface area (Å²) in [6.07, 6.45) is 7.38. The van der Waals surface area contributed by atoms with Crippen LogP contribution >= 0.6 is 0 Å². The fourth-order valence-corrected chi connectivity index (χ4v) is 2.58. The highest BCUT2D eigenvalue weighted by Crippen LogP contribution is 2.25. The van der Waals surface area contributed by atoms with E-state index in [4.69, 9.17) is 0 Å². The molecule has 0 radical (unpaired) electrons. The lowest BCUT2D eigenvalue weighted by Gasteiger charge is -2.19. The maximum Gasteiger partial charge on any atom is 0.123 e. The van der Waals surface area contributed by atoms with Gasteiger partial charge in [0.05, 0.1) is 0 Å². The molecule has 0 unspecified atom stereocenters. The molecule has 1 aromatic rings. The van der Waals surface area contributed by atoms with Crippen molar-refractivity contribution in [2.45, 2.75) is 65.8 Å². The number of hydrogen-bond donors (Lipinski definition) is 1. The molecule has 0 bridgehead atoms. The van der Waals surface area contributed by atoms with Crippen molar-refractivity contribution in [1.29, 1.82) is 0 Å². The maximum atomic E-state index is 10.4. The van der Waals surface area contributed by atoms with Gasteiger partial charge in [-0.25, -0.2) is 0 Å². The van der Waals surface area contributed by atoms with Crippen LogP contribution < -0.4 is 0 Å². The highest BCUT2D eigenvalue weighted by Gasteiger charge is 2.09. The lowest BCUT2D eigenvalue weighted by Crippen LogP contribution is -2.22. The van der Waals surface area contributed by atoms with Crippen molar-refractivity contribution in [3.8, 4) is 5.75 Å². The first kappa shape index (κ1) is 17.0. The molecule has 0 saturated carbocycles. The minimum atomic E-state index is 0.523. The zero-order valence-corrected chi connectivity index (χ0v) is 13.5. The van der Waals surface area contributed by atoms with Crippen LogP contribution in [-0.2, 0) is 13.0 Å². The Morgan fingerprint density at radius 3 is 2.20 bits per heavy atom. The molecule has 0 aliphatic heterocycles. The van der Waals surface area contributed by atoms with Gasteiger partial charge in [-0.1, -0.05) is 64.7 Å². The molecule has 0 fully saturated rings. The fourth-order valence-electron chi connectivity index (χ4n) is 2.58. The Labute approximate surface area is 124 Å². The van der Waals surface area contributed by atoms with Crippen LogP contribution in [0.2, 0.25) is 0 Å². The summed E-state index contributed by atoms with van der Waals surface area (Å²) < 4.78 is 0. The van der Waals surface area contributed by atoms with E-state index in [1.807, 2.05) is 6.07 Å². The van der Waals surface area contributed by atoms with Gasteiger partial charge >= 0.3 is 0 Å². The van der Waals surface area contributed by atoms with Gasteiger partial charge in [0.15, 0.2) is 0 Å². The van der Waals surface area contributed by atoms with Crippen LogP contribution in [0.1, 0.15) is 64.0 Å². The van der Waals surface area contributed by atoms with Crippen LogP contribution in [0.5, 0.6) is 5.75 Å². The van der Waals surface area contributed by atoms with Crippen LogP contribution in [0.15, 0.2) is 18.2 Å². The van der Waals surface area contributed by atoms with E-state index in [1.54, 1.807) is 0 Å².